The summed E-state index contributed by atoms with van der Waals surface area (Å²) in [5, 5.41) is 1.16. The molecule has 16 heavy (non-hydrogen) atoms. The standard InChI is InChI=1S/C10H11Cl3O3/c1-14-9(15-2)5-16-10-7(12)3-6(11)4-8(10)13/h3-4,9H,5H2,1-2H3. The molecule has 1 aromatic rings. The van der Waals surface area contributed by atoms with E-state index in [0.29, 0.717) is 20.8 Å². The fourth-order valence-corrected chi connectivity index (χ4v) is 1.98. The van der Waals surface area contributed by atoms with Crippen LogP contribution in [0, 0.1) is 0 Å². The van der Waals surface area contributed by atoms with E-state index in [0.717, 1.165) is 0 Å². The van der Waals surface area contributed by atoms with Crippen molar-refractivity contribution in [3.8, 4) is 5.75 Å². The molecule has 1 rings (SSSR count). The summed E-state index contributed by atoms with van der Waals surface area (Å²) in [5.41, 5.74) is 0. The molecule has 0 unspecified atom stereocenters. The molecule has 1 aromatic carbocycles. The molecule has 0 radical (unpaired) electrons. The van der Waals surface area contributed by atoms with Crippen LogP contribution in [0.1, 0.15) is 0 Å². The van der Waals surface area contributed by atoms with Crippen molar-refractivity contribution in [1.29, 1.82) is 0 Å². The first-order valence-corrected chi connectivity index (χ1v) is 5.54. The van der Waals surface area contributed by atoms with Gasteiger partial charge < -0.3 is 14.2 Å². The number of rotatable bonds is 5. The molecule has 90 valence electrons. The molecule has 0 aliphatic heterocycles. The van der Waals surface area contributed by atoms with Gasteiger partial charge in [0, 0.05) is 19.2 Å². The molecule has 0 atom stereocenters. The van der Waals surface area contributed by atoms with E-state index in [1.807, 2.05) is 0 Å². The van der Waals surface area contributed by atoms with Crippen molar-refractivity contribution in [2.24, 2.45) is 0 Å². The normalized spacial score (nSPS) is 10.9. The maximum Gasteiger partial charge on any atom is 0.191 e. The van der Waals surface area contributed by atoms with Gasteiger partial charge >= 0.3 is 0 Å². The van der Waals surface area contributed by atoms with E-state index in [2.05, 4.69) is 0 Å². The highest BCUT2D eigenvalue weighted by Gasteiger charge is 2.12. The van der Waals surface area contributed by atoms with E-state index in [1.54, 1.807) is 12.1 Å². The van der Waals surface area contributed by atoms with Crippen LogP contribution in [0.4, 0.5) is 0 Å². The second-order valence-electron chi connectivity index (χ2n) is 2.91. The number of methoxy groups -OCH3 is 2. The fraction of sp³-hybridized carbons (Fsp3) is 0.400. The zero-order valence-corrected chi connectivity index (χ0v) is 11.1. The average molecular weight is 286 g/mol. The fourth-order valence-electron chi connectivity index (χ4n) is 1.05. The van der Waals surface area contributed by atoms with Crippen LogP contribution in [-0.4, -0.2) is 27.1 Å². The summed E-state index contributed by atoms with van der Waals surface area (Å²) in [6.07, 6.45) is -0.470. The molecule has 0 aliphatic carbocycles. The Morgan fingerprint density at radius 3 is 2.00 bits per heavy atom. The molecule has 0 saturated carbocycles. The van der Waals surface area contributed by atoms with Crippen LogP contribution in [0.3, 0.4) is 0 Å². The lowest BCUT2D eigenvalue weighted by molar-refractivity contribution is -0.121. The monoisotopic (exact) mass is 284 g/mol. The summed E-state index contributed by atoms with van der Waals surface area (Å²) in [5.74, 6) is 0.367. The van der Waals surface area contributed by atoms with Gasteiger partial charge in [0.15, 0.2) is 12.0 Å². The number of hydrogen-bond acceptors (Lipinski definition) is 3. The lowest BCUT2D eigenvalue weighted by atomic mass is 10.3. The predicted octanol–water partition coefficient (Wildman–Crippen LogP) is 3.64. The van der Waals surface area contributed by atoms with Crippen molar-refractivity contribution in [1.82, 2.24) is 0 Å². The maximum atomic E-state index is 5.93. The van der Waals surface area contributed by atoms with Crippen molar-refractivity contribution in [3.05, 3.63) is 27.2 Å². The quantitative estimate of drug-likeness (QED) is 0.773. The molecule has 0 aromatic heterocycles. The van der Waals surface area contributed by atoms with Crippen molar-refractivity contribution in [3.63, 3.8) is 0 Å². The van der Waals surface area contributed by atoms with Gasteiger partial charge in [-0.25, -0.2) is 0 Å². The highest BCUT2D eigenvalue weighted by atomic mass is 35.5. The molecule has 0 saturated heterocycles. The Labute approximate surface area is 109 Å². The first-order chi connectivity index (χ1) is 7.58. The Morgan fingerprint density at radius 2 is 1.56 bits per heavy atom. The van der Waals surface area contributed by atoms with Gasteiger partial charge in [0.05, 0.1) is 10.0 Å². The van der Waals surface area contributed by atoms with Gasteiger partial charge in [-0.05, 0) is 12.1 Å². The van der Waals surface area contributed by atoms with E-state index in [4.69, 9.17) is 49.0 Å². The highest BCUT2D eigenvalue weighted by molar-refractivity contribution is 6.40. The van der Waals surface area contributed by atoms with E-state index >= 15 is 0 Å². The van der Waals surface area contributed by atoms with Crippen molar-refractivity contribution >= 4 is 34.8 Å². The van der Waals surface area contributed by atoms with Crippen molar-refractivity contribution in [2.75, 3.05) is 20.8 Å². The smallest absolute Gasteiger partial charge is 0.191 e. The predicted molar refractivity (Wildman–Crippen MR) is 64.8 cm³/mol. The molecule has 0 aliphatic rings. The van der Waals surface area contributed by atoms with E-state index in [-0.39, 0.29) is 6.61 Å². The van der Waals surface area contributed by atoms with Gasteiger partial charge in [-0.1, -0.05) is 34.8 Å². The van der Waals surface area contributed by atoms with Gasteiger partial charge in [0.1, 0.15) is 6.61 Å². The first-order valence-electron chi connectivity index (χ1n) is 4.41. The largest absolute Gasteiger partial charge is 0.485 e. The van der Waals surface area contributed by atoms with Gasteiger partial charge in [-0.15, -0.1) is 0 Å². The molecule has 0 N–H and O–H groups in total. The Hall–Kier alpha value is -0.190. The van der Waals surface area contributed by atoms with Gasteiger partial charge in [0.25, 0.3) is 0 Å². The van der Waals surface area contributed by atoms with E-state index < -0.39 is 6.29 Å². The minimum atomic E-state index is -0.470. The maximum absolute atomic E-state index is 5.93. The summed E-state index contributed by atoms with van der Waals surface area (Å²) >= 11 is 17.6. The van der Waals surface area contributed by atoms with Crippen LogP contribution in [-0.2, 0) is 9.47 Å². The molecule has 0 fully saturated rings. The first kappa shape index (κ1) is 13.9. The summed E-state index contributed by atoms with van der Waals surface area (Å²) < 4.78 is 15.3. The molecular weight excluding hydrogens is 274 g/mol. The SMILES string of the molecule is COC(COc1c(Cl)cc(Cl)cc1Cl)OC. The Kier molecular flexibility index (Phi) is 5.66. The molecule has 6 heteroatoms. The third-order valence-corrected chi connectivity index (χ3v) is 2.63. The van der Waals surface area contributed by atoms with Crippen LogP contribution in [0.5, 0.6) is 5.75 Å². The topological polar surface area (TPSA) is 27.7 Å². The minimum Gasteiger partial charge on any atom is -0.485 e. The Morgan fingerprint density at radius 1 is 1.06 bits per heavy atom. The second kappa shape index (κ2) is 6.52. The molecule has 0 bridgehead atoms. The number of ether oxygens (including phenoxy) is 3. The van der Waals surface area contributed by atoms with Gasteiger partial charge in [0.2, 0.25) is 0 Å². The number of hydrogen-bond donors (Lipinski definition) is 0. The van der Waals surface area contributed by atoms with Gasteiger partial charge in [-0.2, -0.15) is 0 Å². The van der Waals surface area contributed by atoms with Crippen LogP contribution in [0.2, 0.25) is 15.1 Å². The van der Waals surface area contributed by atoms with Gasteiger partial charge in [-0.3, -0.25) is 0 Å². The minimum absolute atomic E-state index is 0.189. The summed E-state index contributed by atoms with van der Waals surface area (Å²) in [6.45, 7) is 0.189. The van der Waals surface area contributed by atoms with Crippen LogP contribution in [0.15, 0.2) is 12.1 Å². The van der Waals surface area contributed by atoms with Crippen molar-refractivity contribution < 1.29 is 14.2 Å². The van der Waals surface area contributed by atoms with Crippen LogP contribution in [0.25, 0.3) is 0 Å². The third-order valence-electron chi connectivity index (χ3n) is 1.85. The molecule has 0 spiro atoms. The lowest BCUT2D eigenvalue weighted by Gasteiger charge is -2.16. The highest BCUT2D eigenvalue weighted by Crippen LogP contribution is 2.35. The molecule has 3 nitrogen and oxygen atoms in total. The average Bonchev–Trinajstić information content (AvgIpc) is 2.22. The Bertz CT molecular complexity index is 330. The lowest BCUT2D eigenvalue weighted by Crippen LogP contribution is -2.22. The van der Waals surface area contributed by atoms with Crippen LogP contribution >= 0.6 is 34.8 Å². The second-order valence-corrected chi connectivity index (χ2v) is 4.16. The van der Waals surface area contributed by atoms with E-state index in [9.17, 15) is 0 Å². The molecule has 0 heterocycles. The van der Waals surface area contributed by atoms with E-state index in [1.165, 1.54) is 14.2 Å². The zero-order chi connectivity index (χ0) is 12.1. The Balaban J connectivity index is 2.74. The molecule has 0 amide bonds. The summed E-state index contributed by atoms with van der Waals surface area (Å²) in [4.78, 5) is 0. The zero-order valence-electron chi connectivity index (χ0n) is 8.80. The van der Waals surface area contributed by atoms with Crippen LogP contribution < -0.4 is 4.74 Å². The summed E-state index contributed by atoms with van der Waals surface area (Å²) in [6, 6.07) is 3.11. The third kappa shape index (κ3) is 3.68. The summed E-state index contributed by atoms with van der Waals surface area (Å²) in [7, 11) is 3.03. The van der Waals surface area contributed by atoms with Crippen molar-refractivity contribution in [2.45, 2.75) is 6.29 Å². The number of benzene rings is 1. The number of halogens is 3. The molecular formula is C10H11Cl3O3.